The minimum Gasteiger partial charge on any atom is -0.465 e. The number of amides is 3. The molecule has 2 fully saturated rings. The van der Waals surface area contributed by atoms with Crippen molar-refractivity contribution in [3.05, 3.63) is 87.5 Å². The van der Waals surface area contributed by atoms with Gasteiger partial charge in [-0.1, -0.05) is 35.3 Å². The first-order valence-corrected chi connectivity index (χ1v) is 12.3. The van der Waals surface area contributed by atoms with Crippen LogP contribution in [0.2, 0.25) is 10.0 Å². The van der Waals surface area contributed by atoms with Crippen LogP contribution in [0.25, 0.3) is 0 Å². The molecule has 2 atom stereocenters. The fraction of sp³-hybridized carbons (Fsp3) is 0.222. The van der Waals surface area contributed by atoms with Gasteiger partial charge >= 0.3 is 12.0 Å². The van der Waals surface area contributed by atoms with Crippen LogP contribution in [0.4, 0.5) is 16.3 Å². The third-order valence-corrected chi connectivity index (χ3v) is 7.54. The lowest BCUT2D eigenvalue weighted by Crippen LogP contribution is -2.53. The summed E-state index contributed by atoms with van der Waals surface area (Å²) in [5.74, 6) is -0.981. The number of hydrogen-bond acceptors (Lipinski definition) is 7. The number of pyridine rings is 1. The van der Waals surface area contributed by atoms with Gasteiger partial charge in [-0.3, -0.25) is 4.79 Å². The van der Waals surface area contributed by atoms with Crippen LogP contribution in [0.5, 0.6) is 0 Å². The van der Waals surface area contributed by atoms with E-state index in [0.29, 0.717) is 23.5 Å². The number of aromatic nitrogens is 1. The number of nitrogens with zero attached hydrogens (tertiary/aromatic N) is 5. The van der Waals surface area contributed by atoms with Gasteiger partial charge in [0.15, 0.2) is 0 Å². The standard InChI is InChI=1S/C27H21Cl2N5O4/c1-32-26(37)34(21-11-19(28)10-20(29)12-21)25(36)27(32)15-33(23-9-18(7-8-31-23)24(35)38-2)14-22(27)17-5-3-16(13-30)4-6-17/h3-12,22H,14-15H2,1-2H3/t22-,27+/m0/s1. The van der Waals surface area contributed by atoms with Crippen molar-refractivity contribution in [3.8, 4) is 6.07 Å². The molecule has 0 unspecified atom stereocenters. The third-order valence-electron chi connectivity index (χ3n) is 7.10. The van der Waals surface area contributed by atoms with Crippen molar-refractivity contribution in [3.63, 3.8) is 0 Å². The number of rotatable bonds is 4. The van der Waals surface area contributed by atoms with Crippen molar-refractivity contribution in [1.29, 1.82) is 5.26 Å². The summed E-state index contributed by atoms with van der Waals surface area (Å²) in [5, 5.41) is 9.84. The zero-order valence-corrected chi connectivity index (χ0v) is 21.9. The van der Waals surface area contributed by atoms with E-state index in [1.807, 2.05) is 4.90 Å². The van der Waals surface area contributed by atoms with Gasteiger partial charge in [-0.2, -0.15) is 5.26 Å². The monoisotopic (exact) mass is 549 g/mol. The average molecular weight is 550 g/mol. The van der Waals surface area contributed by atoms with E-state index in [0.717, 1.165) is 10.5 Å². The number of imide groups is 1. The summed E-state index contributed by atoms with van der Waals surface area (Å²) in [6.07, 6.45) is 1.49. The van der Waals surface area contributed by atoms with Crippen LogP contribution >= 0.6 is 23.2 Å². The number of ether oxygens (including phenoxy) is 1. The molecular weight excluding hydrogens is 529 g/mol. The molecule has 11 heteroatoms. The number of nitriles is 1. The lowest BCUT2D eigenvalue weighted by molar-refractivity contribution is -0.124. The maximum atomic E-state index is 14.3. The molecule has 2 aliphatic heterocycles. The van der Waals surface area contributed by atoms with Gasteiger partial charge in [0.1, 0.15) is 11.4 Å². The molecular formula is C27H21Cl2N5O4. The average Bonchev–Trinajstić information content (AvgIpc) is 3.41. The molecule has 9 nitrogen and oxygen atoms in total. The summed E-state index contributed by atoms with van der Waals surface area (Å²) in [6, 6.07) is 16.2. The Hall–Kier alpha value is -4.13. The number of esters is 1. The summed E-state index contributed by atoms with van der Waals surface area (Å²) in [5.41, 5.74) is 0.509. The Bertz CT molecular complexity index is 1490. The van der Waals surface area contributed by atoms with Crippen LogP contribution in [-0.4, -0.2) is 60.6 Å². The molecule has 0 radical (unpaired) electrons. The lowest BCUT2D eigenvalue weighted by atomic mass is 9.80. The predicted octanol–water partition coefficient (Wildman–Crippen LogP) is 4.49. The molecule has 38 heavy (non-hydrogen) atoms. The molecule has 0 bridgehead atoms. The largest absolute Gasteiger partial charge is 0.465 e. The zero-order chi connectivity index (χ0) is 27.2. The molecule has 3 aromatic rings. The van der Waals surface area contributed by atoms with Crippen LogP contribution in [0.1, 0.15) is 27.4 Å². The Kier molecular flexibility index (Phi) is 6.47. The molecule has 3 amide bonds. The number of methoxy groups -OCH3 is 1. The van der Waals surface area contributed by atoms with Crippen molar-refractivity contribution >= 4 is 52.6 Å². The fourth-order valence-corrected chi connectivity index (χ4v) is 5.73. The Morgan fingerprint density at radius 1 is 1.11 bits per heavy atom. The zero-order valence-electron chi connectivity index (χ0n) is 20.4. The lowest BCUT2D eigenvalue weighted by Gasteiger charge is -2.33. The van der Waals surface area contributed by atoms with Crippen LogP contribution in [0, 0.1) is 11.3 Å². The molecule has 1 aromatic heterocycles. The Morgan fingerprint density at radius 2 is 1.79 bits per heavy atom. The second-order valence-electron chi connectivity index (χ2n) is 9.10. The van der Waals surface area contributed by atoms with Gasteiger partial charge in [0, 0.05) is 35.8 Å². The number of urea groups is 1. The van der Waals surface area contributed by atoms with Crippen molar-refractivity contribution in [2.24, 2.45) is 0 Å². The Balaban J connectivity index is 1.63. The number of anilines is 2. The van der Waals surface area contributed by atoms with Gasteiger partial charge < -0.3 is 14.5 Å². The molecule has 3 heterocycles. The Labute approximate surface area is 228 Å². The van der Waals surface area contributed by atoms with Gasteiger partial charge in [-0.15, -0.1) is 0 Å². The van der Waals surface area contributed by atoms with Gasteiger partial charge in [0.25, 0.3) is 5.91 Å². The molecule has 5 rings (SSSR count). The molecule has 0 aliphatic carbocycles. The van der Waals surface area contributed by atoms with Crippen LogP contribution in [-0.2, 0) is 9.53 Å². The maximum Gasteiger partial charge on any atom is 0.338 e. The highest BCUT2D eigenvalue weighted by atomic mass is 35.5. The van der Waals surface area contributed by atoms with Gasteiger partial charge in [0.2, 0.25) is 0 Å². The van der Waals surface area contributed by atoms with Crippen molar-refractivity contribution in [2.75, 3.05) is 37.0 Å². The highest BCUT2D eigenvalue weighted by molar-refractivity contribution is 6.36. The number of carbonyl (C=O) groups excluding carboxylic acids is 3. The highest BCUT2D eigenvalue weighted by Crippen LogP contribution is 2.47. The van der Waals surface area contributed by atoms with E-state index in [-0.39, 0.29) is 22.3 Å². The minimum absolute atomic E-state index is 0.112. The topological polar surface area (TPSA) is 107 Å². The highest BCUT2D eigenvalue weighted by Gasteiger charge is 2.64. The first kappa shape index (κ1) is 25.5. The van der Waals surface area contributed by atoms with E-state index in [9.17, 15) is 19.6 Å². The number of likely N-dealkylation sites (N-methyl/N-ethyl adjacent to an activating group) is 1. The number of carbonyl (C=O) groups is 3. The second-order valence-corrected chi connectivity index (χ2v) is 9.97. The van der Waals surface area contributed by atoms with E-state index in [2.05, 4.69) is 11.1 Å². The molecule has 0 N–H and O–H groups in total. The van der Waals surface area contributed by atoms with E-state index in [1.54, 1.807) is 43.4 Å². The summed E-state index contributed by atoms with van der Waals surface area (Å²) in [4.78, 5) is 48.9. The third kappa shape index (κ3) is 4.02. The van der Waals surface area contributed by atoms with Gasteiger partial charge in [-0.05, 0) is 48.0 Å². The molecule has 2 saturated heterocycles. The van der Waals surface area contributed by atoms with E-state index >= 15 is 0 Å². The summed E-state index contributed by atoms with van der Waals surface area (Å²) >= 11 is 12.4. The van der Waals surface area contributed by atoms with Crippen LogP contribution in [0.3, 0.4) is 0 Å². The quantitative estimate of drug-likeness (QED) is 0.348. The van der Waals surface area contributed by atoms with Crippen LogP contribution in [0.15, 0.2) is 60.8 Å². The summed E-state index contributed by atoms with van der Waals surface area (Å²) in [6.45, 7) is 0.429. The maximum absolute atomic E-state index is 14.3. The molecule has 0 saturated carbocycles. The summed E-state index contributed by atoms with van der Waals surface area (Å²) < 4.78 is 4.84. The molecule has 2 aromatic carbocycles. The van der Waals surface area contributed by atoms with Crippen molar-refractivity contribution in [2.45, 2.75) is 11.5 Å². The fourth-order valence-electron chi connectivity index (χ4n) is 5.22. The molecule has 2 aliphatic rings. The molecule has 1 spiro atoms. The SMILES string of the molecule is COC(=O)c1ccnc(N2C[C@@H](c3ccc(C#N)cc3)[C@]3(C2)C(=O)N(c2cc(Cl)cc(Cl)c2)C(=O)N3C)c1. The first-order chi connectivity index (χ1) is 18.2. The number of halogens is 2. The van der Waals surface area contributed by atoms with Crippen molar-refractivity contribution < 1.29 is 19.1 Å². The van der Waals surface area contributed by atoms with E-state index < -0.39 is 29.4 Å². The van der Waals surface area contributed by atoms with E-state index in [1.165, 1.54) is 36.4 Å². The van der Waals surface area contributed by atoms with Crippen LogP contribution < -0.4 is 9.80 Å². The number of hydrogen-bond donors (Lipinski definition) is 0. The molecule has 192 valence electrons. The van der Waals surface area contributed by atoms with Crippen molar-refractivity contribution in [1.82, 2.24) is 9.88 Å². The van der Waals surface area contributed by atoms with Gasteiger partial charge in [0.05, 0.1) is 36.5 Å². The minimum atomic E-state index is -1.32. The predicted molar refractivity (Wildman–Crippen MR) is 142 cm³/mol. The normalized spacial score (nSPS) is 20.8. The Morgan fingerprint density at radius 3 is 2.42 bits per heavy atom. The first-order valence-electron chi connectivity index (χ1n) is 11.6. The van der Waals surface area contributed by atoms with Gasteiger partial charge in [-0.25, -0.2) is 19.5 Å². The second kappa shape index (κ2) is 9.63. The summed E-state index contributed by atoms with van der Waals surface area (Å²) in [7, 11) is 2.88. The number of benzene rings is 2. The smallest absolute Gasteiger partial charge is 0.338 e. The van der Waals surface area contributed by atoms with E-state index in [4.69, 9.17) is 27.9 Å².